The third-order valence-corrected chi connectivity index (χ3v) is 3.56. The van der Waals surface area contributed by atoms with Gasteiger partial charge in [0.2, 0.25) is 0 Å². The lowest BCUT2D eigenvalue weighted by Gasteiger charge is -2.24. The van der Waals surface area contributed by atoms with Gasteiger partial charge < -0.3 is 15.1 Å². The van der Waals surface area contributed by atoms with E-state index in [0.717, 1.165) is 13.1 Å². The Morgan fingerprint density at radius 1 is 0.895 bits per heavy atom. The Balaban J connectivity index is 3.66. The molecular formula is C16H37N3. The van der Waals surface area contributed by atoms with Crippen LogP contribution in [-0.2, 0) is 0 Å². The molecule has 1 atom stereocenters. The molecule has 0 aliphatic carbocycles. The molecule has 0 amide bonds. The quantitative estimate of drug-likeness (QED) is 0.520. The van der Waals surface area contributed by atoms with Crippen molar-refractivity contribution in [2.45, 2.75) is 58.9 Å². The van der Waals surface area contributed by atoms with E-state index < -0.39 is 0 Å². The third kappa shape index (κ3) is 12.6. The van der Waals surface area contributed by atoms with Crippen LogP contribution < -0.4 is 5.32 Å². The molecule has 0 spiro atoms. The summed E-state index contributed by atoms with van der Waals surface area (Å²) in [5, 5.41) is 3.66. The van der Waals surface area contributed by atoms with Crippen molar-refractivity contribution < 1.29 is 0 Å². The van der Waals surface area contributed by atoms with Gasteiger partial charge in [0.15, 0.2) is 0 Å². The van der Waals surface area contributed by atoms with Crippen LogP contribution in [-0.4, -0.2) is 62.7 Å². The van der Waals surface area contributed by atoms with E-state index in [4.69, 9.17) is 0 Å². The van der Waals surface area contributed by atoms with Crippen molar-refractivity contribution >= 4 is 0 Å². The van der Waals surface area contributed by atoms with E-state index in [1.165, 1.54) is 51.7 Å². The van der Waals surface area contributed by atoms with Crippen molar-refractivity contribution in [3.05, 3.63) is 0 Å². The van der Waals surface area contributed by atoms with Crippen LogP contribution >= 0.6 is 0 Å². The molecule has 0 aromatic carbocycles. The molecule has 116 valence electrons. The molecule has 0 saturated heterocycles. The maximum atomic E-state index is 3.66. The normalized spacial score (nSPS) is 13.4. The van der Waals surface area contributed by atoms with Crippen molar-refractivity contribution in [3.8, 4) is 0 Å². The first-order valence-corrected chi connectivity index (χ1v) is 8.20. The van der Waals surface area contributed by atoms with E-state index >= 15 is 0 Å². The minimum atomic E-state index is 0.670. The lowest BCUT2D eigenvalue weighted by molar-refractivity contribution is 0.238. The number of nitrogens with one attached hydrogen (secondary N) is 1. The second kappa shape index (κ2) is 12.9. The van der Waals surface area contributed by atoms with Crippen LogP contribution in [0.15, 0.2) is 0 Å². The molecule has 19 heavy (non-hydrogen) atoms. The number of hydrogen-bond acceptors (Lipinski definition) is 3. The summed E-state index contributed by atoms with van der Waals surface area (Å²) in [6.07, 6.45) is 6.63. The van der Waals surface area contributed by atoms with Crippen molar-refractivity contribution in [3.63, 3.8) is 0 Å². The average molecular weight is 271 g/mol. The van der Waals surface area contributed by atoms with Crippen LogP contribution in [0.4, 0.5) is 0 Å². The van der Waals surface area contributed by atoms with E-state index in [-0.39, 0.29) is 0 Å². The molecule has 0 heterocycles. The van der Waals surface area contributed by atoms with Gasteiger partial charge in [0.1, 0.15) is 0 Å². The molecule has 0 bridgehead atoms. The molecule has 0 radical (unpaired) electrons. The largest absolute Gasteiger partial charge is 0.313 e. The summed E-state index contributed by atoms with van der Waals surface area (Å²) >= 11 is 0. The fourth-order valence-corrected chi connectivity index (χ4v) is 2.26. The molecule has 0 aromatic heterocycles. The predicted molar refractivity (Wildman–Crippen MR) is 86.9 cm³/mol. The van der Waals surface area contributed by atoms with Crippen molar-refractivity contribution in [1.82, 2.24) is 15.1 Å². The topological polar surface area (TPSA) is 18.5 Å². The van der Waals surface area contributed by atoms with Crippen LogP contribution in [0.1, 0.15) is 52.9 Å². The average Bonchev–Trinajstić information content (AvgIpc) is 2.36. The molecule has 0 saturated carbocycles. The lowest BCUT2D eigenvalue weighted by atomic mass is 10.1. The van der Waals surface area contributed by atoms with Gasteiger partial charge in [0.05, 0.1) is 0 Å². The Kier molecular flexibility index (Phi) is 12.8. The lowest BCUT2D eigenvalue weighted by Crippen LogP contribution is -2.39. The number of nitrogens with zero attached hydrogens (tertiary/aromatic N) is 2. The zero-order valence-electron chi connectivity index (χ0n) is 14.0. The Bertz CT molecular complexity index is 183. The van der Waals surface area contributed by atoms with Crippen molar-refractivity contribution in [2.75, 3.05) is 46.8 Å². The Morgan fingerprint density at radius 3 is 2.21 bits per heavy atom. The Hall–Kier alpha value is -0.120. The zero-order chi connectivity index (χ0) is 14.5. The standard InChI is InChI=1S/C16H37N3/c1-6-8-9-10-16(3)17-11-13-19(12-7-2)15-14-18(4)5/h16-17H,6-15H2,1-5H3. The molecule has 1 N–H and O–H groups in total. The Morgan fingerprint density at radius 2 is 1.63 bits per heavy atom. The summed E-state index contributed by atoms with van der Waals surface area (Å²) in [5.74, 6) is 0. The minimum absolute atomic E-state index is 0.670. The Labute approximate surface area is 121 Å². The smallest absolute Gasteiger partial charge is 0.0110 e. The minimum Gasteiger partial charge on any atom is -0.313 e. The van der Waals surface area contributed by atoms with E-state index in [2.05, 4.69) is 50.0 Å². The van der Waals surface area contributed by atoms with E-state index in [9.17, 15) is 0 Å². The van der Waals surface area contributed by atoms with Gasteiger partial charge in [-0.3, -0.25) is 0 Å². The summed E-state index contributed by atoms with van der Waals surface area (Å²) < 4.78 is 0. The molecule has 0 aliphatic rings. The predicted octanol–water partition coefficient (Wildman–Crippen LogP) is 2.82. The molecule has 0 fully saturated rings. The van der Waals surface area contributed by atoms with Gasteiger partial charge in [-0.25, -0.2) is 0 Å². The highest BCUT2D eigenvalue weighted by Gasteiger charge is 2.05. The zero-order valence-corrected chi connectivity index (χ0v) is 14.0. The van der Waals surface area contributed by atoms with Gasteiger partial charge in [-0.15, -0.1) is 0 Å². The SMILES string of the molecule is CCCCCC(C)NCCN(CCC)CCN(C)C. The molecule has 0 aromatic rings. The van der Waals surface area contributed by atoms with Gasteiger partial charge >= 0.3 is 0 Å². The maximum Gasteiger partial charge on any atom is 0.0110 e. The molecule has 3 heteroatoms. The molecule has 3 nitrogen and oxygen atoms in total. The molecular weight excluding hydrogens is 234 g/mol. The van der Waals surface area contributed by atoms with Gasteiger partial charge in [0, 0.05) is 32.2 Å². The first-order chi connectivity index (χ1) is 9.10. The summed E-state index contributed by atoms with van der Waals surface area (Å²) in [7, 11) is 4.30. The van der Waals surface area contributed by atoms with Gasteiger partial charge in [-0.05, 0) is 40.4 Å². The van der Waals surface area contributed by atoms with Crippen molar-refractivity contribution in [1.29, 1.82) is 0 Å². The van der Waals surface area contributed by atoms with Crippen LogP contribution in [0, 0.1) is 0 Å². The summed E-state index contributed by atoms with van der Waals surface area (Å²) in [6.45, 7) is 12.7. The summed E-state index contributed by atoms with van der Waals surface area (Å²) in [4.78, 5) is 4.84. The monoisotopic (exact) mass is 271 g/mol. The highest BCUT2D eigenvalue weighted by Crippen LogP contribution is 2.02. The van der Waals surface area contributed by atoms with Crippen LogP contribution in [0.3, 0.4) is 0 Å². The van der Waals surface area contributed by atoms with E-state index in [0.29, 0.717) is 6.04 Å². The third-order valence-electron chi connectivity index (χ3n) is 3.56. The summed E-state index contributed by atoms with van der Waals surface area (Å²) in [5.41, 5.74) is 0. The fraction of sp³-hybridized carbons (Fsp3) is 1.00. The van der Waals surface area contributed by atoms with Crippen LogP contribution in [0.5, 0.6) is 0 Å². The number of rotatable bonds is 13. The van der Waals surface area contributed by atoms with Gasteiger partial charge in [0.25, 0.3) is 0 Å². The number of hydrogen-bond donors (Lipinski definition) is 1. The van der Waals surface area contributed by atoms with Crippen molar-refractivity contribution in [2.24, 2.45) is 0 Å². The fourth-order valence-electron chi connectivity index (χ4n) is 2.26. The van der Waals surface area contributed by atoms with Crippen LogP contribution in [0.2, 0.25) is 0 Å². The van der Waals surface area contributed by atoms with E-state index in [1.807, 2.05) is 0 Å². The molecule has 1 unspecified atom stereocenters. The number of likely N-dealkylation sites (N-methyl/N-ethyl adjacent to an activating group) is 1. The maximum absolute atomic E-state index is 3.66. The van der Waals surface area contributed by atoms with E-state index in [1.54, 1.807) is 0 Å². The van der Waals surface area contributed by atoms with Gasteiger partial charge in [-0.2, -0.15) is 0 Å². The number of unbranched alkanes of at least 4 members (excludes halogenated alkanes) is 2. The molecule has 0 rings (SSSR count). The first-order valence-electron chi connectivity index (χ1n) is 8.20. The van der Waals surface area contributed by atoms with Gasteiger partial charge in [-0.1, -0.05) is 33.1 Å². The highest BCUT2D eigenvalue weighted by molar-refractivity contribution is 4.65. The highest BCUT2D eigenvalue weighted by atomic mass is 15.2. The molecule has 0 aliphatic heterocycles. The second-order valence-corrected chi connectivity index (χ2v) is 6.00. The summed E-state index contributed by atoms with van der Waals surface area (Å²) in [6, 6.07) is 0.670. The van der Waals surface area contributed by atoms with Crippen LogP contribution in [0.25, 0.3) is 0 Å². The first kappa shape index (κ1) is 18.9. The second-order valence-electron chi connectivity index (χ2n) is 6.00.